The molecule has 6 aromatic rings. The van der Waals surface area contributed by atoms with Crippen molar-refractivity contribution >= 4 is 56.4 Å². The Labute approximate surface area is 370 Å². The van der Waals surface area contributed by atoms with E-state index in [1.54, 1.807) is 18.5 Å². The van der Waals surface area contributed by atoms with Crippen LogP contribution >= 0.6 is 22.7 Å². The average Bonchev–Trinajstić information content (AvgIpc) is 4.12. The number of rotatable bonds is 16. The molecule has 0 saturated carbocycles. The van der Waals surface area contributed by atoms with Crippen LogP contribution in [-0.2, 0) is 19.1 Å². The number of halogens is 2. The van der Waals surface area contributed by atoms with E-state index in [-0.39, 0.29) is 37.9 Å². The zero-order chi connectivity index (χ0) is 44.1. The Kier molecular flexibility index (Phi) is 15.2. The number of carbonyl (C=O) groups is 2. The van der Waals surface area contributed by atoms with Gasteiger partial charge in [-0.1, -0.05) is 52.7 Å². The Hall–Kier alpha value is -6.56. The number of nitrogens with one attached hydrogen (secondary N) is 2. The van der Waals surface area contributed by atoms with Crippen molar-refractivity contribution in [2.45, 2.75) is 56.8 Å². The fraction of sp³-hybridized carbons (Fsp3) is 0.350. The number of benzene rings is 2. The third-order valence-corrected chi connectivity index (χ3v) is 11.1. The summed E-state index contributed by atoms with van der Waals surface area (Å²) in [6, 6.07) is 22.8. The lowest BCUT2D eigenvalue weighted by molar-refractivity contribution is -0.126. The van der Waals surface area contributed by atoms with E-state index in [0.717, 1.165) is 47.9 Å². The number of ether oxygens (including phenoxy) is 5. The monoisotopic (exact) mass is 908 g/mol. The van der Waals surface area contributed by atoms with Gasteiger partial charge in [-0.25, -0.2) is 0 Å². The predicted octanol–water partition coefficient (Wildman–Crippen LogP) is 6.11. The molecule has 2 amide bonds. The van der Waals surface area contributed by atoms with Crippen LogP contribution in [0.1, 0.15) is 46.0 Å². The van der Waals surface area contributed by atoms with Crippen molar-refractivity contribution in [2.75, 3.05) is 54.3 Å². The molecular formula is C40H46F2N12O7S2. The molecular weight excluding hydrogens is 863 g/mol. The number of carbonyl (C=O) groups excluding carboxylic acids is 2. The zero-order valence-electron chi connectivity index (χ0n) is 34.1. The standard InChI is InChI=1S/C20H20F2N6O4S.C20H22N6O3S.2H2/c1-30-16(12-4-2-5-13(10-12)31-18(21)22)17(29)24-19-26-27-20(33-19)32-14-7-9-28(11-14)15-6-3-8-23-25-15;1-13-11-15(12-26(13)16-9-6-10-21-23-16)29-20-25-24-19(30-20)22-18(27)17(28-2)14-7-4-3-5-8-14;;/h2-6,8,10,14,16,18H,7,9,11H2,1H3,(H,24,26,29);3-10,13,15,17H,11-12H2,1-2H3,(H,22,24,27);2*1H/t14-,16+;13-,15-,17+;;/m11../s1. The molecule has 0 unspecified atom stereocenters. The van der Waals surface area contributed by atoms with Crippen molar-refractivity contribution in [3.8, 4) is 16.1 Å². The smallest absolute Gasteiger partial charge is 0.387 e. The maximum atomic E-state index is 12.7. The van der Waals surface area contributed by atoms with Gasteiger partial charge in [0.05, 0.1) is 13.1 Å². The highest BCUT2D eigenvalue weighted by atomic mass is 32.1. The molecule has 0 aliphatic carbocycles. The number of anilines is 4. The molecule has 23 heteroatoms. The molecule has 4 aromatic heterocycles. The average molecular weight is 909 g/mol. The van der Waals surface area contributed by atoms with Gasteiger partial charge < -0.3 is 33.5 Å². The summed E-state index contributed by atoms with van der Waals surface area (Å²) in [4.78, 5) is 29.5. The van der Waals surface area contributed by atoms with E-state index >= 15 is 0 Å². The lowest BCUT2D eigenvalue weighted by Gasteiger charge is -2.21. The van der Waals surface area contributed by atoms with E-state index in [0.29, 0.717) is 34.2 Å². The molecule has 0 spiro atoms. The van der Waals surface area contributed by atoms with Gasteiger partial charge in [0.2, 0.25) is 10.3 Å². The Balaban J connectivity index is 0.000000238. The first-order chi connectivity index (χ1) is 30.6. The molecule has 2 aliphatic heterocycles. The minimum Gasteiger partial charge on any atom is -0.464 e. The molecule has 2 fully saturated rings. The third-order valence-electron chi connectivity index (χ3n) is 9.66. The fourth-order valence-corrected chi connectivity index (χ4v) is 8.17. The fourth-order valence-electron chi connectivity index (χ4n) is 6.84. The topological polar surface area (TPSA) is 214 Å². The van der Waals surface area contributed by atoms with Crippen LogP contribution in [0.2, 0.25) is 0 Å². The second kappa shape index (κ2) is 21.5. The van der Waals surface area contributed by atoms with Crippen molar-refractivity contribution in [2.24, 2.45) is 0 Å². The Bertz CT molecular complexity index is 2390. The van der Waals surface area contributed by atoms with Crippen LogP contribution in [0.4, 0.5) is 30.7 Å². The van der Waals surface area contributed by atoms with Crippen LogP contribution in [-0.4, -0.2) is 111 Å². The van der Waals surface area contributed by atoms with Gasteiger partial charge in [0.25, 0.3) is 22.2 Å². The number of amides is 2. The van der Waals surface area contributed by atoms with Crippen LogP contribution in [0.5, 0.6) is 16.1 Å². The van der Waals surface area contributed by atoms with Crippen molar-refractivity contribution in [3.05, 3.63) is 102 Å². The first-order valence-corrected chi connectivity index (χ1v) is 21.1. The van der Waals surface area contributed by atoms with Crippen molar-refractivity contribution in [1.29, 1.82) is 0 Å². The minimum atomic E-state index is -2.97. The van der Waals surface area contributed by atoms with Gasteiger partial charge in [-0.2, -0.15) is 19.0 Å². The summed E-state index contributed by atoms with van der Waals surface area (Å²) in [6.07, 6.45) is 2.94. The number of hydrogen-bond donors (Lipinski definition) is 2. The van der Waals surface area contributed by atoms with Crippen LogP contribution in [0, 0.1) is 0 Å². The van der Waals surface area contributed by atoms with Crippen molar-refractivity contribution in [1.82, 2.24) is 40.8 Å². The summed E-state index contributed by atoms with van der Waals surface area (Å²) < 4.78 is 51.8. The van der Waals surface area contributed by atoms with Crippen LogP contribution < -0.4 is 34.6 Å². The maximum Gasteiger partial charge on any atom is 0.387 e. The van der Waals surface area contributed by atoms with Crippen LogP contribution in [0.15, 0.2) is 91.3 Å². The summed E-state index contributed by atoms with van der Waals surface area (Å²) in [7, 11) is 2.83. The van der Waals surface area contributed by atoms with E-state index in [1.807, 2.05) is 54.6 Å². The lowest BCUT2D eigenvalue weighted by atomic mass is 10.1. The number of aromatic nitrogens is 8. The van der Waals surface area contributed by atoms with Gasteiger partial charge in [0.15, 0.2) is 23.8 Å². The molecule has 0 bridgehead atoms. The number of hydrogen-bond acceptors (Lipinski definition) is 19. The second-order valence-corrected chi connectivity index (χ2v) is 15.8. The van der Waals surface area contributed by atoms with E-state index in [9.17, 15) is 18.4 Å². The maximum absolute atomic E-state index is 12.7. The first kappa shape index (κ1) is 44.5. The van der Waals surface area contributed by atoms with Gasteiger partial charge in [-0.05, 0) is 77.1 Å². The zero-order valence-corrected chi connectivity index (χ0v) is 35.7. The number of alkyl halides is 2. The van der Waals surface area contributed by atoms with E-state index < -0.39 is 24.7 Å². The van der Waals surface area contributed by atoms with Gasteiger partial charge in [0.1, 0.15) is 18.0 Å². The molecule has 2 N–H and O–H groups in total. The molecule has 19 nitrogen and oxygen atoms in total. The van der Waals surface area contributed by atoms with Crippen LogP contribution in [0.25, 0.3) is 0 Å². The molecule has 0 radical (unpaired) electrons. The summed E-state index contributed by atoms with van der Waals surface area (Å²) in [6.45, 7) is 1.24. The Morgan fingerprint density at radius 1 is 0.730 bits per heavy atom. The van der Waals surface area contributed by atoms with Gasteiger partial charge in [-0.3, -0.25) is 20.2 Å². The molecule has 5 atom stereocenters. The normalized spacial score (nSPS) is 18.0. The lowest BCUT2D eigenvalue weighted by Crippen LogP contribution is -2.29. The summed E-state index contributed by atoms with van der Waals surface area (Å²) >= 11 is 2.27. The molecule has 8 rings (SSSR count). The first-order valence-electron chi connectivity index (χ1n) is 19.5. The SMILES string of the molecule is CO[C@H](C(=O)Nc1nnc(O[C@@H]2CCN(c3cccnn3)C2)s1)c1cccc(OC(F)F)c1.CO[C@H](C(=O)Nc1nnc(O[C@@H]2C[C@@H](C)N(c3cccnn3)C2)s1)c1ccccc1.[HH].[HH]. The third kappa shape index (κ3) is 12.1. The van der Waals surface area contributed by atoms with E-state index in [4.69, 9.17) is 18.9 Å². The van der Waals surface area contributed by atoms with Crippen molar-refractivity contribution < 1.29 is 44.9 Å². The van der Waals surface area contributed by atoms with Gasteiger partial charge in [-0.15, -0.1) is 20.4 Å². The summed E-state index contributed by atoms with van der Waals surface area (Å²) in [5.74, 6) is 0.685. The van der Waals surface area contributed by atoms with E-state index in [2.05, 4.69) is 72.9 Å². The summed E-state index contributed by atoms with van der Waals surface area (Å²) in [5, 5.41) is 38.8. The van der Waals surface area contributed by atoms with Crippen LogP contribution in [0.3, 0.4) is 0 Å². The Morgan fingerprint density at radius 3 is 1.94 bits per heavy atom. The van der Waals surface area contributed by atoms with E-state index in [1.165, 1.54) is 43.8 Å². The molecule has 2 aliphatic rings. The molecule has 2 aromatic carbocycles. The number of nitrogens with zero attached hydrogens (tertiary/aromatic N) is 10. The van der Waals surface area contributed by atoms with Gasteiger partial charge in [0, 0.05) is 54.9 Å². The highest BCUT2D eigenvalue weighted by Crippen LogP contribution is 2.31. The largest absolute Gasteiger partial charge is 0.464 e. The highest BCUT2D eigenvalue weighted by Gasteiger charge is 2.33. The molecule has 334 valence electrons. The molecule has 63 heavy (non-hydrogen) atoms. The molecule has 6 heterocycles. The molecule has 2 saturated heterocycles. The van der Waals surface area contributed by atoms with Gasteiger partial charge >= 0.3 is 6.61 Å². The quantitative estimate of drug-likeness (QED) is 0.112. The Morgan fingerprint density at radius 2 is 1.33 bits per heavy atom. The number of methoxy groups -OCH3 is 2. The van der Waals surface area contributed by atoms with Crippen molar-refractivity contribution in [3.63, 3.8) is 0 Å². The predicted molar refractivity (Wildman–Crippen MR) is 231 cm³/mol. The minimum absolute atomic E-state index is 0. The second-order valence-electron chi connectivity index (χ2n) is 13.9. The summed E-state index contributed by atoms with van der Waals surface area (Å²) in [5.41, 5.74) is 1.12. The highest BCUT2D eigenvalue weighted by molar-refractivity contribution is 7.17.